The molecule has 0 bridgehead atoms. The van der Waals surface area contributed by atoms with Gasteiger partial charge in [-0.05, 0) is 36.8 Å². The highest BCUT2D eigenvalue weighted by molar-refractivity contribution is 7.99. The molecule has 0 aliphatic carbocycles. The van der Waals surface area contributed by atoms with Crippen LogP contribution < -0.4 is 14.8 Å². The highest BCUT2D eigenvalue weighted by Gasteiger charge is 2.18. The van der Waals surface area contributed by atoms with Crippen LogP contribution >= 0.6 is 11.8 Å². The molecule has 29 heavy (non-hydrogen) atoms. The topological polar surface area (TPSA) is 78.3 Å². The quantitative estimate of drug-likeness (QED) is 0.540. The maximum atomic E-state index is 12.6. The monoisotopic (exact) mass is 412 g/mol. The number of aromatic nitrogens is 3. The van der Waals surface area contributed by atoms with Crippen molar-refractivity contribution in [3.63, 3.8) is 0 Å². The van der Waals surface area contributed by atoms with Crippen molar-refractivity contribution in [3.8, 4) is 17.2 Å². The molecule has 0 fully saturated rings. The Hall–Kier alpha value is -3.00. The van der Waals surface area contributed by atoms with Gasteiger partial charge in [0, 0.05) is 11.3 Å². The molecule has 0 saturated heterocycles. The second-order valence-corrected chi connectivity index (χ2v) is 7.23. The van der Waals surface area contributed by atoms with Crippen LogP contribution in [0, 0.1) is 0 Å². The number of carbonyl (C=O) groups is 1. The third kappa shape index (κ3) is 4.89. The Balaban J connectivity index is 1.87. The highest BCUT2D eigenvalue weighted by Crippen LogP contribution is 2.28. The number of hydrogen-bond acceptors (Lipinski definition) is 6. The predicted molar refractivity (Wildman–Crippen MR) is 113 cm³/mol. The number of nitrogens with one attached hydrogen (secondary N) is 1. The lowest BCUT2D eigenvalue weighted by Gasteiger charge is -2.14. The van der Waals surface area contributed by atoms with E-state index in [-0.39, 0.29) is 12.5 Å². The van der Waals surface area contributed by atoms with Gasteiger partial charge in [-0.1, -0.05) is 36.9 Å². The lowest BCUT2D eigenvalue weighted by molar-refractivity contribution is 0.0949. The van der Waals surface area contributed by atoms with E-state index in [0.29, 0.717) is 22.9 Å². The number of para-hydroxylation sites is 2. The molecule has 152 valence electrons. The normalized spacial score (nSPS) is 10.6. The molecule has 1 aromatic heterocycles. The smallest absolute Gasteiger partial charge is 0.251 e. The maximum absolute atomic E-state index is 12.6. The van der Waals surface area contributed by atoms with E-state index in [1.165, 1.54) is 0 Å². The molecule has 0 aliphatic heterocycles. The molecule has 1 N–H and O–H groups in total. The van der Waals surface area contributed by atoms with Crippen molar-refractivity contribution in [2.24, 2.45) is 0 Å². The van der Waals surface area contributed by atoms with Gasteiger partial charge in [-0.3, -0.25) is 9.36 Å². The molecule has 1 heterocycles. The van der Waals surface area contributed by atoms with Crippen LogP contribution in [0.5, 0.6) is 11.5 Å². The van der Waals surface area contributed by atoms with Crippen molar-refractivity contribution in [2.75, 3.05) is 20.0 Å². The summed E-state index contributed by atoms with van der Waals surface area (Å²) in [5.41, 5.74) is 1.36. The maximum Gasteiger partial charge on any atom is 0.251 e. The summed E-state index contributed by atoms with van der Waals surface area (Å²) in [6.07, 6.45) is 1.02. The summed E-state index contributed by atoms with van der Waals surface area (Å²) in [5, 5.41) is 12.3. The van der Waals surface area contributed by atoms with Crippen LogP contribution in [0.25, 0.3) is 5.69 Å². The van der Waals surface area contributed by atoms with Gasteiger partial charge in [-0.2, -0.15) is 0 Å². The van der Waals surface area contributed by atoms with E-state index in [0.717, 1.165) is 23.0 Å². The summed E-state index contributed by atoms with van der Waals surface area (Å²) in [4.78, 5) is 12.6. The summed E-state index contributed by atoms with van der Waals surface area (Å²) < 4.78 is 12.6. The highest BCUT2D eigenvalue weighted by atomic mass is 32.2. The molecule has 1 amide bonds. The van der Waals surface area contributed by atoms with Gasteiger partial charge in [0.25, 0.3) is 5.91 Å². The zero-order valence-electron chi connectivity index (χ0n) is 16.7. The molecule has 0 atom stereocenters. The zero-order valence-corrected chi connectivity index (χ0v) is 17.5. The number of benzene rings is 2. The number of ether oxygens (including phenoxy) is 2. The van der Waals surface area contributed by atoms with Gasteiger partial charge in [0.2, 0.25) is 0 Å². The fourth-order valence-electron chi connectivity index (χ4n) is 2.78. The fourth-order valence-corrected chi connectivity index (χ4v) is 3.60. The number of amides is 1. The minimum Gasteiger partial charge on any atom is -0.497 e. The van der Waals surface area contributed by atoms with Crippen molar-refractivity contribution in [2.45, 2.75) is 25.0 Å². The molecular weight excluding hydrogens is 388 g/mol. The Labute approximate surface area is 174 Å². The van der Waals surface area contributed by atoms with E-state index in [9.17, 15) is 4.79 Å². The van der Waals surface area contributed by atoms with E-state index >= 15 is 0 Å². The second kappa shape index (κ2) is 9.97. The lowest BCUT2D eigenvalue weighted by atomic mass is 10.2. The van der Waals surface area contributed by atoms with E-state index in [1.807, 2.05) is 28.8 Å². The Morgan fingerprint density at radius 2 is 1.93 bits per heavy atom. The predicted octanol–water partition coefficient (Wildman–Crippen LogP) is 3.72. The number of thioether (sulfide) groups is 1. The van der Waals surface area contributed by atoms with Crippen LogP contribution in [-0.2, 0) is 6.54 Å². The Kier molecular flexibility index (Phi) is 7.13. The first-order valence-electron chi connectivity index (χ1n) is 9.30. The lowest BCUT2D eigenvalue weighted by Crippen LogP contribution is -2.24. The van der Waals surface area contributed by atoms with Crippen LogP contribution in [0.2, 0.25) is 0 Å². The van der Waals surface area contributed by atoms with E-state index < -0.39 is 0 Å². The standard InChI is InChI=1S/C21H24N4O3S/c1-4-12-29-21-24-23-19(25(21)17-10-5-6-11-18(17)28-3)14-22-20(26)15-8-7-9-16(13-15)27-2/h5-11,13H,4,12,14H2,1-3H3,(H,22,26). The van der Waals surface area contributed by atoms with Gasteiger partial charge < -0.3 is 14.8 Å². The molecule has 7 nitrogen and oxygen atoms in total. The van der Waals surface area contributed by atoms with E-state index in [2.05, 4.69) is 22.4 Å². The molecule has 0 saturated carbocycles. The second-order valence-electron chi connectivity index (χ2n) is 6.17. The fraction of sp³-hybridized carbons (Fsp3) is 0.286. The largest absolute Gasteiger partial charge is 0.497 e. The summed E-state index contributed by atoms with van der Waals surface area (Å²) in [5.74, 6) is 2.69. The molecule has 3 aromatic rings. The minimum absolute atomic E-state index is 0.207. The first kappa shape index (κ1) is 20.7. The summed E-state index contributed by atoms with van der Waals surface area (Å²) in [6, 6.07) is 14.7. The summed E-state index contributed by atoms with van der Waals surface area (Å²) in [7, 11) is 3.20. The SMILES string of the molecule is CCCSc1nnc(CNC(=O)c2cccc(OC)c2)n1-c1ccccc1OC. The van der Waals surface area contributed by atoms with Gasteiger partial charge in [-0.15, -0.1) is 10.2 Å². The molecule has 0 radical (unpaired) electrons. The first-order valence-corrected chi connectivity index (χ1v) is 10.3. The van der Waals surface area contributed by atoms with Crippen LogP contribution in [0.15, 0.2) is 53.7 Å². The third-order valence-corrected chi connectivity index (χ3v) is 5.34. The first-order chi connectivity index (χ1) is 14.2. The minimum atomic E-state index is -0.207. The molecule has 0 spiro atoms. The van der Waals surface area contributed by atoms with Gasteiger partial charge in [0.15, 0.2) is 11.0 Å². The Morgan fingerprint density at radius 1 is 1.10 bits per heavy atom. The number of carbonyl (C=O) groups excluding carboxylic acids is 1. The zero-order chi connectivity index (χ0) is 20.6. The van der Waals surface area contributed by atoms with Gasteiger partial charge in [0.05, 0.1) is 26.5 Å². The third-order valence-electron chi connectivity index (χ3n) is 4.20. The van der Waals surface area contributed by atoms with Crippen LogP contribution in [0.3, 0.4) is 0 Å². The Morgan fingerprint density at radius 3 is 2.69 bits per heavy atom. The molecule has 8 heteroatoms. The van der Waals surface area contributed by atoms with E-state index in [1.54, 1.807) is 50.2 Å². The van der Waals surface area contributed by atoms with Crippen molar-refractivity contribution in [3.05, 3.63) is 59.9 Å². The van der Waals surface area contributed by atoms with Gasteiger partial charge in [0.1, 0.15) is 11.5 Å². The molecule has 2 aromatic carbocycles. The molecular formula is C21H24N4O3S. The van der Waals surface area contributed by atoms with Crippen molar-refractivity contribution >= 4 is 17.7 Å². The Bertz CT molecular complexity index is 974. The number of rotatable bonds is 9. The van der Waals surface area contributed by atoms with Crippen molar-refractivity contribution in [1.29, 1.82) is 0 Å². The van der Waals surface area contributed by atoms with Crippen molar-refractivity contribution < 1.29 is 14.3 Å². The summed E-state index contributed by atoms with van der Waals surface area (Å²) >= 11 is 1.62. The number of methoxy groups -OCH3 is 2. The average molecular weight is 413 g/mol. The van der Waals surface area contributed by atoms with E-state index in [4.69, 9.17) is 9.47 Å². The van der Waals surface area contributed by atoms with Gasteiger partial charge >= 0.3 is 0 Å². The molecule has 3 rings (SSSR count). The number of hydrogen-bond donors (Lipinski definition) is 1. The molecule has 0 aliphatic rings. The van der Waals surface area contributed by atoms with Crippen molar-refractivity contribution in [1.82, 2.24) is 20.1 Å². The van der Waals surface area contributed by atoms with Crippen LogP contribution in [-0.4, -0.2) is 40.6 Å². The van der Waals surface area contributed by atoms with Gasteiger partial charge in [-0.25, -0.2) is 0 Å². The average Bonchev–Trinajstić information content (AvgIpc) is 3.18. The van der Waals surface area contributed by atoms with Crippen LogP contribution in [0.4, 0.5) is 0 Å². The molecule has 0 unspecified atom stereocenters. The van der Waals surface area contributed by atoms with Crippen LogP contribution in [0.1, 0.15) is 29.5 Å². The number of nitrogens with zero attached hydrogens (tertiary/aromatic N) is 3. The summed E-state index contributed by atoms with van der Waals surface area (Å²) in [6.45, 7) is 2.35.